The molecule has 0 spiro atoms. The van der Waals surface area contributed by atoms with Crippen LogP contribution in [0.15, 0.2) is 46.7 Å². The van der Waals surface area contributed by atoms with Crippen LogP contribution >= 0.6 is 11.3 Å². The van der Waals surface area contributed by atoms with Crippen LogP contribution in [-0.4, -0.2) is 24.2 Å². The van der Waals surface area contributed by atoms with Gasteiger partial charge in [0.05, 0.1) is 11.0 Å². The van der Waals surface area contributed by atoms with E-state index in [9.17, 15) is 18.5 Å². The number of nitro groups is 1. The molecule has 22 heavy (non-hydrogen) atoms. The van der Waals surface area contributed by atoms with E-state index >= 15 is 0 Å². The number of hydrogen-bond donors (Lipinski definition) is 0. The second-order valence-corrected chi connectivity index (χ2v) is 7.85. The maximum atomic E-state index is 12.9. The number of nitrogens with zero attached hydrogens (tertiary/aromatic N) is 2. The van der Waals surface area contributed by atoms with E-state index in [0.29, 0.717) is 6.54 Å². The lowest BCUT2D eigenvalue weighted by atomic mass is 10.2. The van der Waals surface area contributed by atoms with E-state index in [1.54, 1.807) is 0 Å². The molecular formula is C14H14N2O4S2. The second kappa shape index (κ2) is 5.79. The lowest BCUT2D eigenvalue weighted by molar-refractivity contribution is -0.387. The third-order valence-corrected chi connectivity index (χ3v) is 6.65. The minimum Gasteiger partial charge on any atom is -0.258 e. The molecule has 1 aromatic carbocycles. The predicted octanol–water partition coefficient (Wildman–Crippen LogP) is 3.18. The number of para-hydroxylation sites is 1. The molecule has 1 aliphatic heterocycles. The third kappa shape index (κ3) is 2.53. The van der Waals surface area contributed by atoms with E-state index in [4.69, 9.17) is 0 Å². The molecule has 8 heteroatoms. The number of thiophene rings is 1. The highest BCUT2D eigenvalue weighted by atomic mass is 32.2. The highest BCUT2D eigenvalue weighted by molar-refractivity contribution is 7.89. The first-order valence-electron chi connectivity index (χ1n) is 6.80. The van der Waals surface area contributed by atoms with Crippen LogP contribution in [-0.2, 0) is 10.0 Å². The molecule has 1 atom stereocenters. The fourth-order valence-corrected chi connectivity index (χ4v) is 5.52. The molecule has 6 nitrogen and oxygen atoms in total. The van der Waals surface area contributed by atoms with E-state index in [1.807, 2.05) is 17.5 Å². The first-order chi connectivity index (χ1) is 10.5. The summed E-state index contributed by atoms with van der Waals surface area (Å²) >= 11 is 1.51. The number of nitro benzene ring substituents is 1. The van der Waals surface area contributed by atoms with Gasteiger partial charge in [0, 0.05) is 17.5 Å². The molecule has 2 aromatic rings. The minimum atomic E-state index is -3.89. The van der Waals surface area contributed by atoms with Crippen molar-refractivity contribution in [2.75, 3.05) is 6.54 Å². The maximum Gasteiger partial charge on any atom is 0.289 e. The van der Waals surface area contributed by atoms with E-state index in [0.717, 1.165) is 17.7 Å². The Morgan fingerprint density at radius 2 is 2.00 bits per heavy atom. The molecule has 0 radical (unpaired) electrons. The average Bonchev–Trinajstić information content (AvgIpc) is 3.18. The summed E-state index contributed by atoms with van der Waals surface area (Å²) in [6.07, 6.45) is 1.49. The Morgan fingerprint density at radius 1 is 1.23 bits per heavy atom. The third-order valence-electron chi connectivity index (χ3n) is 3.72. The Balaban J connectivity index is 2.05. The lowest BCUT2D eigenvalue weighted by Crippen LogP contribution is -2.30. The second-order valence-electron chi connectivity index (χ2n) is 5.01. The Kier molecular flexibility index (Phi) is 3.98. The van der Waals surface area contributed by atoms with Gasteiger partial charge in [-0.3, -0.25) is 10.1 Å². The fraction of sp³-hybridized carbons (Fsp3) is 0.286. The van der Waals surface area contributed by atoms with Gasteiger partial charge in [-0.05, 0) is 30.4 Å². The standard InChI is InChI=1S/C14H14N2O4S2/c17-16(18)12-5-1-2-8-14(12)22(19,20)15-9-3-6-11(15)13-7-4-10-21-13/h1-2,4-5,7-8,10-11H,3,6,9H2. The number of hydrogen-bond acceptors (Lipinski definition) is 5. The van der Waals surface area contributed by atoms with Gasteiger partial charge in [-0.15, -0.1) is 11.3 Å². The first kappa shape index (κ1) is 15.1. The molecule has 3 rings (SSSR count). The van der Waals surface area contributed by atoms with Crippen LogP contribution in [0, 0.1) is 10.1 Å². The number of rotatable bonds is 4. The van der Waals surface area contributed by atoms with Gasteiger partial charge in [0.25, 0.3) is 5.69 Å². The van der Waals surface area contributed by atoms with Crippen LogP contribution in [0.4, 0.5) is 5.69 Å². The van der Waals surface area contributed by atoms with Crippen molar-refractivity contribution in [2.45, 2.75) is 23.8 Å². The van der Waals surface area contributed by atoms with Crippen LogP contribution in [0.5, 0.6) is 0 Å². The van der Waals surface area contributed by atoms with Crippen molar-refractivity contribution in [3.8, 4) is 0 Å². The number of sulfonamides is 1. The van der Waals surface area contributed by atoms with Crippen molar-refractivity contribution >= 4 is 27.0 Å². The van der Waals surface area contributed by atoms with Gasteiger partial charge >= 0.3 is 0 Å². The lowest BCUT2D eigenvalue weighted by Gasteiger charge is -2.23. The highest BCUT2D eigenvalue weighted by Gasteiger charge is 2.39. The van der Waals surface area contributed by atoms with E-state index < -0.39 is 14.9 Å². The van der Waals surface area contributed by atoms with Crippen molar-refractivity contribution in [3.05, 3.63) is 56.8 Å². The van der Waals surface area contributed by atoms with E-state index in [2.05, 4.69) is 0 Å². The van der Waals surface area contributed by atoms with Crippen molar-refractivity contribution in [1.82, 2.24) is 4.31 Å². The molecule has 116 valence electrons. The SMILES string of the molecule is O=[N+]([O-])c1ccccc1S(=O)(=O)N1CCCC1c1cccs1. The molecule has 0 amide bonds. The Bertz CT molecular complexity index is 787. The quantitative estimate of drug-likeness (QED) is 0.633. The topological polar surface area (TPSA) is 80.5 Å². The zero-order valence-electron chi connectivity index (χ0n) is 11.6. The summed E-state index contributed by atoms with van der Waals surface area (Å²) in [4.78, 5) is 11.2. The average molecular weight is 338 g/mol. The molecule has 2 heterocycles. The van der Waals surface area contributed by atoms with Crippen LogP contribution in [0.3, 0.4) is 0 Å². The molecule has 1 fully saturated rings. The molecule has 1 saturated heterocycles. The summed E-state index contributed by atoms with van der Waals surface area (Å²) in [5, 5.41) is 13.0. The van der Waals surface area contributed by atoms with Gasteiger partial charge in [0.1, 0.15) is 0 Å². The first-order valence-corrected chi connectivity index (χ1v) is 9.12. The maximum absolute atomic E-state index is 12.9. The minimum absolute atomic E-state index is 0.232. The Labute approximate surface area is 132 Å². The molecule has 0 N–H and O–H groups in total. The largest absolute Gasteiger partial charge is 0.289 e. The smallest absolute Gasteiger partial charge is 0.258 e. The molecule has 0 saturated carbocycles. The van der Waals surface area contributed by atoms with E-state index in [-0.39, 0.29) is 16.6 Å². The van der Waals surface area contributed by atoms with E-state index in [1.165, 1.54) is 39.9 Å². The van der Waals surface area contributed by atoms with Gasteiger partial charge in [-0.1, -0.05) is 18.2 Å². The summed E-state index contributed by atoms with van der Waals surface area (Å²) in [6.45, 7) is 0.386. The number of benzene rings is 1. The molecule has 1 aromatic heterocycles. The molecule has 0 bridgehead atoms. The normalized spacial score (nSPS) is 19.4. The van der Waals surface area contributed by atoms with Gasteiger partial charge < -0.3 is 0 Å². The van der Waals surface area contributed by atoms with Gasteiger partial charge in [0.15, 0.2) is 4.90 Å². The van der Waals surface area contributed by atoms with Gasteiger partial charge in [0.2, 0.25) is 10.0 Å². The van der Waals surface area contributed by atoms with Gasteiger partial charge in [-0.25, -0.2) is 8.42 Å². The monoisotopic (exact) mass is 338 g/mol. The van der Waals surface area contributed by atoms with Crippen molar-refractivity contribution in [2.24, 2.45) is 0 Å². The Hall–Kier alpha value is -1.77. The predicted molar refractivity (Wildman–Crippen MR) is 83.3 cm³/mol. The highest BCUT2D eigenvalue weighted by Crippen LogP contribution is 2.39. The van der Waals surface area contributed by atoms with Crippen LogP contribution < -0.4 is 0 Å². The fourth-order valence-electron chi connectivity index (χ4n) is 2.75. The molecule has 0 aliphatic carbocycles. The summed E-state index contributed by atoms with van der Waals surface area (Å²) in [5.41, 5.74) is -0.376. The van der Waals surface area contributed by atoms with Crippen LogP contribution in [0.25, 0.3) is 0 Å². The molecule has 1 aliphatic rings. The summed E-state index contributed by atoms with van der Waals surface area (Å²) < 4.78 is 27.2. The summed E-state index contributed by atoms with van der Waals surface area (Å²) in [7, 11) is -3.89. The summed E-state index contributed by atoms with van der Waals surface area (Å²) in [6, 6.07) is 9.06. The van der Waals surface area contributed by atoms with Crippen LogP contribution in [0.1, 0.15) is 23.8 Å². The zero-order valence-corrected chi connectivity index (χ0v) is 13.2. The van der Waals surface area contributed by atoms with Crippen molar-refractivity contribution in [1.29, 1.82) is 0 Å². The molecular weight excluding hydrogens is 324 g/mol. The van der Waals surface area contributed by atoms with Crippen LogP contribution in [0.2, 0.25) is 0 Å². The van der Waals surface area contributed by atoms with Gasteiger partial charge in [-0.2, -0.15) is 4.31 Å². The zero-order chi connectivity index (χ0) is 15.7. The van der Waals surface area contributed by atoms with Crippen molar-refractivity contribution in [3.63, 3.8) is 0 Å². The summed E-state index contributed by atoms with van der Waals surface area (Å²) in [5.74, 6) is 0. The van der Waals surface area contributed by atoms with Crippen molar-refractivity contribution < 1.29 is 13.3 Å². The Morgan fingerprint density at radius 3 is 2.68 bits per heavy atom. The molecule has 1 unspecified atom stereocenters.